The van der Waals surface area contributed by atoms with Crippen LogP contribution >= 0.6 is 0 Å². The SMILES string of the molecule is CCOC(=O)N[C@@H](CC(=O)N/N=C\c1cc(C)n(-c2ccc(C)c(C)c2)c1C)c1ccccc1. The molecule has 3 rings (SSSR count). The molecule has 1 atom stereocenters. The maximum Gasteiger partial charge on any atom is 0.407 e. The number of alkyl carbamates (subject to hydrolysis) is 1. The van der Waals surface area contributed by atoms with E-state index in [9.17, 15) is 9.59 Å². The van der Waals surface area contributed by atoms with Gasteiger partial charge in [-0.3, -0.25) is 4.79 Å². The van der Waals surface area contributed by atoms with Gasteiger partial charge in [0.15, 0.2) is 0 Å². The van der Waals surface area contributed by atoms with Gasteiger partial charge in [-0.25, -0.2) is 10.2 Å². The van der Waals surface area contributed by atoms with Gasteiger partial charge in [0.2, 0.25) is 5.91 Å². The summed E-state index contributed by atoms with van der Waals surface area (Å²) in [4.78, 5) is 24.5. The van der Waals surface area contributed by atoms with Crippen LogP contribution in [0.4, 0.5) is 4.79 Å². The average Bonchev–Trinajstić information content (AvgIpc) is 3.09. The minimum atomic E-state index is -0.563. The van der Waals surface area contributed by atoms with E-state index < -0.39 is 12.1 Å². The van der Waals surface area contributed by atoms with E-state index in [4.69, 9.17) is 4.74 Å². The van der Waals surface area contributed by atoms with Crippen LogP contribution in [-0.2, 0) is 9.53 Å². The smallest absolute Gasteiger partial charge is 0.407 e. The van der Waals surface area contributed by atoms with Crippen molar-refractivity contribution in [3.8, 4) is 5.69 Å². The molecule has 3 aromatic rings. The summed E-state index contributed by atoms with van der Waals surface area (Å²) in [5.41, 5.74) is 10.00. The lowest BCUT2D eigenvalue weighted by atomic mass is 10.0. The van der Waals surface area contributed by atoms with Crippen LogP contribution in [0.1, 0.15) is 53.0 Å². The lowest BCUT2D eigenvalue weighted by Gasteiger charge is -2.18. The number of nitrogens with one attached hydrogen (secondary N) is 2. The number of hydrazone groups is 1. The van der Waals surface area contributed by atoms with Gasteiger partial charge in [-0.15, -0.1) is 0 Å². The summed E-state index contributed by atoms with van der Waals surface area (Å²) < 4.78 is 7.15. The lowest BCUT2D eigenvalue weighted by Crippen LogP contribution is -2.33. The highest BCUT2D eigenvalue weighted by Crippen LogP contribution is 2.22. The topological polar surface area (TPSA) is 84.7 Å². The zero-order valence-electron chi connectivity index (χ0n) is 20.4. The Morgan fingerprint density at radius 1 is 1.03 bits per heavy atom. The van der Waals surface area contributed by atoms with Gasteiger partial charge in [-0.1, -0.05) is 36.4 Å². The lowest BCUT2D eigenvalue weighted by molar-refractivity contribution is -0.121. The summed E-state index contributed by atoms with van der Waals surface area (Å²) in [5.74, 6) is -0.315. The standard InChI is InChI=1S/C27H32N4O3/c1-6-34-27(33)29-25(22-10-8-7-9-11-22)16-26(32)30-28-17-23-15-20(4)31(21(23)5)24-13-12-18(2)19(3)14-24/h7-15,17,25H,6,16H2,1-5H3,(H,29,33)(H,30,32)/b28-17-/t25-/m0/s1. The molecule has 2 aromatic carbocycles. The van der Waals surface area contributed by atoms with Crippen LogP contribution in [0.25, 0.3) is 5.69 Å². The largest absolute Gasteiger partial charge is 0.450 e. The number of nitrogens with zero attached hydrogens (tertiary/aromatic N) is 2. The fourth-order valence-corrected chi connectivity index (χ4v) is 3.84. The third-order valence-corrected chi connectivity index (χ3v) is 5.77. The third kappa shape index (κ3) is 6.13. The van der Waals surface area contributed by atoms with Crippen LogP contribution in [0.2, 0.25) is 0 Å². The van der Waals surface area contributed by atoms with E-state index >= 15 is 0 Å². The number of hydrogen-bond acceptors (Lipinski definition) is 4. The van der Waals surface area contributed by atoms with Crippen molar-refractivity contribution in [1.82, 2.24) is 15.3 Å². The highest BCUT2D eigenvalue weighted by atomic mass is 16.5. The zero-order chi connectivity index (χ0) is 24.7. The molecule has 0 aliphatic rings. The fraction of sp³-hybridized carbons (Fsp3) is 0.296. The molecule has 178 valence electrons. The molecular formula is C27H32N4O3. The first kappa shape index (κ1) is 24.8. The number of carbonyl (C=O) groups is 2. The molecule has 0 fully saturated rings. The molecule has 34 heavy (non-hydrogen) atoms. The van der Waals surface area contributed by atoms with Crippen LogP contribution in [0, 0.1) is 27.7 Å². The van der Waals surface area contributed by atoms with Crippen LogP contribution in [0.5, 0.6) is 0 Å². The molecule has 1 aromatic heterocycles. The van der Waals surface area contributed by atoms with Crippen molar-refractivity contribution in [2.45, 2.75) is 47.1 Å². The van der Waals surface area contributed by atoms with E-state index in [-0.39, 0.29) is 18.9 Å². The van der Waals surface area contributed by atoms with Crippen molar-refractivity contribution in [3.63, 3.8) is 0 Å². The zero-order valence-corrected chi connectivity index (χ0v) is 20.4. The van der Waals surface area contributed by atoms with Crippen LogP contribution in [-0.4, -0.2) is 29.4 Å². The summed E-state index contributed by atoms with van der Waals surface area (Å²) in [7, 11) is 0. The van der Waals surface area contributed by atoms with Crippen LogP contribution in [0.3, 0.4) is 0 Å². The molecule has 0 aliphatic heterocycles. The quantitative estimate of drug-likeness (QED) is 0.365. The van der Waals surface area contributed by atoms with Gasteiger partial charge in [-0.2, -0.15) is 5.10 Å². The highest BCUT2D eigenvalue weighted by molar-refractivity contribution is 5.84. The fourth-order valence-electron chi connectivity index (χ4n) is 3.84. The minimum Gasteiger partial charge on any atom is -0.450 e. The minimum absolute atomic E-state index is 0.0296. The number of carbonyl (C=O) groups excluding carboxylic acids is 2. The molecule has 0 radical (unpaired) electrons. The normalized spacial score (nSPS) is 11.9. The Kier molecular flexibility index (Phi) is 8.24. The van der Waals surface area contributed by atoms with Gasteiger partial charge in [0, 0.05) is 22.6 Å². The molecule has 0 unspecified atom stereocenters. The molecule has 7 nitrogen and oxygen atoms in total. The highest BCUT2D eigenvalue weighted by Gasteiger charge is 2.19. The number of amides is 2. The number of aromatic nitrogens is 1. The van der Waals surface area contributed by atoms with E-state index in [1.54, 1.807) is 13.1 Å². The second-order valence-electron chi connectivity index (χ2n) is 8.26. The Hall–Kier alpha value is -3.87. The van der Waals surface area contributed by atoms with E-state index in [0.29, 0.717) is 0 Å². The number of ether oxygens (including phenoxy) is 1. The molecule has 0 bridgehead atoms. The average molecular weight is 461 g/mol. The molecule has 0 saturated carbocycles. The van der Waals surface area contributed by atoms with Gasteiger partial charge in [0.05, 0.1) is 25.3 Å². The molecule has 7 heteroatoms. The van der Waals surface area contributed by atoms with Gasteiger partial charge in [0.25, 0.3) is 0 Å². The Balaban J connectivity index is 1.70. The summed E-state index contributed by atoms with van der Waals surface area (Å²) >= 11 is 0. The summed E-state index contributed by atoms with van der Waals surface area (Å²) in [6, 6.07) is 17.2. The van der Waals surface area contributed by atoms with Gasteiger partial charge >= 0.3 is 6.09 Å². The monoisotopic (exact) mass is 460 g/mol. The number of aryl methyl sites for hydroxylation is 3. The second-order valence-corrected chi connectivity index (χ2v) is 8.26. The second kappa shape index (κ2) is 11.3. The molecule has 1 heterocycles. The van der Waals surface area contributed by atoms with Crippen molar-refractivity contribution in [1.29, 1.82) is 0 Å². The maximum atomic E-state index is 12.6. The molecule has 2 amide bonds. The predicted octanol–water partition coefficient (Wildman–Crippen LogP) is 5.04. The first-order valence-corrected chi connectivity index (χ1v) is 11.4. The van der Waals surface area contributed by atoms with Crippen LogP contribution < -0.4 is 10.7 Å². The van der Waals surface area contributed by atoms with Crippen molar-refractivity contribution in [3.05, 3.63) is 88.2 Å². The van der Waals surface area contributed by atoms with E-state index in [2.05, 4.69) is 52.5 Å². The number of benzene rings is 2. The maximum absolute atomic E-state index is 12.6. The van der Waals surface area contributed by atoms with Crippen molar-refractivity contribution >= 4 is 18.2 Å². The number of rotatable bonds is 8. The van der Waals surface area contributed by atoms with Crippen LogP contribution in [0.15, 0.2) is 59.7 Å². The van der Waals surface area contributed by atoms with Crippen molar-refractivity contribution in [2.24, 2.45) is 5.10 Å². The first-order valence-electron chi connectivity index (χ1n) is 11.4. The van der Waals surface area contributed by atoms with Crippen molar-refractivity contribution < 1.29 is 14.3 Å². The Labute approximate surface area is 200 Å². The summed E-state index contributed by atoms with van der Waals surface area (Å²) in [6.07, 6.45) is 1.11. The molecule has 0 saturated heterocycles. The predicted molar refractivity (Wildman–Crippen MR) is 134 cm³/mol. The van der Waals surface area contributed by atoms with Gasteiger partial charge in [0.1, 0.15) is 0 Å². The van der Waals surface area contributed by atoms with Crippen molar-refractivity contribution in [2.75, 3.05) is 6.61 Å². The number of hydrogen-bond donors (Lipinski definition) is 2. The third-order valence-electron chi connectivity index (χ3n) is 5.77. The summed E-state index contributed by atoms with van der Waals surface area (Å²) in [6.45, 7) is 10.3. The van der Waals surface area contributed by atoms with E-state index in [1.807, 2.05) is 50.2 Å². The Morgan fingerprint density at radius 2 is 1.76 bits per heavy atom. The molecule has 0 aliphatic carbocycles. The van der Waals surface area contributed by atoms with Gasteiger partial charge < -0.3 is 14.6 Å². The summed E-state index contributed by atoms with van der Waals surface area (Å²) in [5, 5.41) is 6.91. The first-order chi connectivity index (χ1) is 16.3. The molecule has 0 spiro atoms. The molecule has 2 N–H and O–H groups in total. The van der Waals surface area contributed by atoms with Gasteiger partial charge in [-0.05, 0) is 69.5 Å². The van der Waals surface area contributed by atoms with E-state index in [0.717, 1.165) is 28.2 Å². The van der Waals surface area contributed by atoms with E-state index in [1.165, 1.54) is 11.1 Å². The Bertz CT molecular complexity index is 1180. The molecular weight excluding hydrogens is 428 g/mol. The Morgan fingerprint density at radius 3 is 2.44 bits per heavy atom.